The largest absolute Gasteiger partial charge is 0.337 e. The molecule has 0 atom stereocenters. The maximum Gasteiger partial charge on any atom is 0.177 e. The van der Waals surface area contributed by atoms with E-state index in [9.17, 15) is 0 Å². The third-order valence-electron chi connectivity index (χ3n) is 1.83. The zero-order valence-corrected chi connectivity index (χ0v) is 8.85. The van der Waals surface area contributed by atoms with Crippen LogP contribution < -0.4 is 0 Å². The first-order valence-electron chi connectivity index (χ1n) is 4.11. The van der Waals surface area contributed by atoms with Crippen LogP contribution in [0.15, 0.2) is 30.6 Å². The Kier molecular flexibility index (Phi) is 2.65. The summed E-state index contributed by atoms with van der Waals surface area (Å²) < 4.78 is 2.58. The van der Waals surface area contributed by atoms with Crippen molar-refractivity contribution in [3.63, 3.8) is 0 Å². The lowest BCUT2D eigenvalue weighted by molar-refractivity contribution is 0.761. The molecule has 0 aromatic carbocycles. The number of aromatic nitrogens is 3. The third-order valence-corrected chi connectivity index (χ3v) is 2.39. The lowest BCUT2D eigenvalue weighted by Crippen LogP contribution is -2.00. The molecule has 0 radical (unpaired) electrons. The summed E-state index contributed by atoms with van der Waals surface area (Å²) >= 11 is 10.8. The highest BCUT2D eigenvalue weighted by Gasteiger charge is 1.97. The number of rotatable bonds is 2. The fourth-order valence-electron chi connectivity index (χ4n) is 1.19. The molecular weight excluding hydrogens is 218 g/mol. The van der Waals surface area contributed by atoms with E-state index in [1.807, 2.05) is 22.9 Å². The Bertz CT molecular complexity index is 489. The van der Waals surface area contributed by atoms with Crippen molar-refractivity contribution in [2.45, 2.75) is 6.54 Å². The molecule has 72 valence electrons. The summed E-state index contributed by atoms with van der Waals surface area (Å²) in [4.78, 5) is 7.09. The van der Waals surface area contributed by atoms with Gasteiger partial charge in [0.2, 0.25) is 0 Å². The van der Waals surface area contributed by atoms with Gasteiger partial charge < -0.3 is 9.55 Å². The highest BCUT2D eigenvalue weighted by atomic mass is 35.5. The molecular formula is C9H8ClN3S. The smallest absolute Gasteiger partial charge is 0.177 e. The van der Waals surface area contributed by atoms with Crippen molar-refractivity contribution >= 4 is 23.8 Å². The number of aromatic amines is 1. The van der Waals surface area contributed by atoms with Crippen LogP contribution in [0.25, 0.3) is 0 Å². The van der Waals surface area contributed by atoms with Gasteiger partial charge in [0, 0.05) is 12.4 Å². The maximum absolute atomic E-state index is 5.77. The topological polar surface area (TPSA) is 33.6 Å². The molecule has 0 unspecified atom stereocenters. The molecule has 2 rings (SSSR count). The minimum Gasteiger partial charge on any atom is -0.337 e. The van der Waals surface area contributed by atoms with E-state index in [0.717, 1.165) is 5.69 Å². The predicted molar refractivity (Wildman–Crippen MR) is 58.0 cm³/mol. The van der Waals surface area contributed by atoms with Crippen molar-refractivity contribution in [2.24, 2.45) is 0 Å². The van der Waals surface area contributed by atoms with Crippen molar-refractivity contribution in [2.75, 3.05) is 0 Å². The van der Waals surface area contributed by atoms with Gasteiger partial charge in [-0.1, -0.05) is 17.7 Å². The monoisotopic (exact) mass is 225 g/mol. The van der Waals surface area contributed by atoms with E-state index in [4.69, 9.17) is 23.8 Å². The number of imidazole rings is 1. The number of nitrogens with one attached hydrogen (secondary N) is 1. The van der Waals surface area contributed by atoms with Gasteiger partial charge in [-0.25, -0.2) is 4.98 Å². The number of halogens is 1. The van der Waals surface area contributed by atoms with E-state index < -0.39 is 0 Å². The lowest BCUT2D eigenvalue weighted by atomic mass is 10.3. The van der Waals surface area contributed by atoms with Gasteiger partial charge in [0.25, 0.3) is 0 Å². The number of hydrogen-bond donors (Lipinski definition) is 1. The van der Waals surface area contributed by atoms with Gasteiger partial charge >= 0.3 is 0 Å². The molecule has 0 saturated carbocycles. The van der Waals surface area contributed by atoms with E-state index in [-0.39, 0.29) is 0 Å². The highest BCUT2D eigenvalue weighted by molar-refractivity contribution is 7.71. The molecule has 5 heteroatoms. The van der Waals surface area contributed by atoms with Crippen LogP contribution in [0.4, 0.5) is 0 Å². The summed E-state index contributed by atoms with van der Waals surface area (Å²) in [6.45, 7) is 0.642. The van der Waals surface area contributed by atoms with Crippen molar-refractivity contribution < 1.29 is 0 Å². The molecule has 0 saturated heterocycles. The Morgan fingerprint density at radius 2 is 2.36 bits per heavy atom. The second kappa shape index (κ2) is 3.94. The van der Waals surface area contributed by atoms with Crippen LogP contribution >= 0.6 is 23.8 Å². The Balaban J connectivity index is 2.27. The van der Waals surface area contributed by atoms with Gasteiger partial charge in [-0.05, 0) is 24.4 Å². The van der Waals surface area contributed by atoms with Crippen molar-refractivity contribution in [1.82, 2.24) is 14.5 Å². The Morgan fingerprint density at radius 3 is 3.00 bits per heavy atom. The van der Waals surface area contributed by atoms with Crippen LogP contribution in [0.1, 0.15) is 5.69 Å². The van der Waals surface area contributed by atoms with E-state index in [1.165, 1.54) is 0 Å². The molecule has 0 aliphatic carbocycles. The number of pyridine rings is 1. The molecule has 0 aliphatic rings. The van der Waals surface area contributed by atoms with Crippen LogP contribution in [-0.2, 0) is 6.54 Å². The van der Waals surface area contributed by atoms with Gasteiger partial charge in [-0.15, -0.1) is 0 Å². The second-order valence-electron chi connectivity index (χ2n) is 2.84. The Hall–Kier alpha value is -1.13. The fourth-order valence-corrected chi connectivity index (χ4v) is 1.56. The summed E-state index contributed by atoms with van der Waals surface area (Å²) in [7, 11) is 0. The number of nitrogens with zero attached hydrogens (tertiary/aromatic N) is 2. The van der Waals surface area contributed by atoms with Crippen LogP contribution in [0.3, 0.4) is 0 Å². The molecule has 2 aromatic heterocycles. The zero-order chi connectivity index (χ0) is 9.97. The molecule has 2 heterocycles. The van der Waals surface area contributed by atoms with Gasteiger partial charge in [0.15, 0.2) is 4.77 Å². The lowest BCUT2D eigenvalue weighted by Gasteiger charge is -2.01. The summed E-state index contributed by atoms with van der Waals surface area (Å²) in [5.41, 5.74) is 0.896. The average molecular weight is 226 g/mol. The fraction of sp³-hybridized carbons (Fsp3) is 0.111. The summed E-state index contributed by atoms with van der Waals surface area (Å²) in [6.07, 6.45) is 3.68. The molecule has 2 aromatic rings. The van der Waals surface area contributed by atoms with E-state index in [0.29, 0.717) is 16.5 Å². The molecule has 0 fully saturated rings. The van der Waals surface area contributed by atoms with Crippen molar-refractivity contribution in [1.29, 1.82) is 0 Å². The first-order chi connectivity index (χ1) is 6.75. The van der Waals surface area contributed by atoms with Crippen LogP contribution in [0.2, 0.25) is 5.15 Å². The second-order valence-corrected chi connectivity index (χ2v) is 3.62. The summed E-state index contributed by atoms with van der Waals surface area (Å²) in [5, 5.41) is 0.504. The molecule has 0 aliphatic heterocycles. The van der Waals surface area contributed by atoms with E-state index in [2.05, 4.69) is 9.97 Å². The molecule has 14 heavy (non-hydrogen) atoms. The Labute approximate surface area is 91.4 Å². The summed E-state index contributed by atoms with van der Waals surface area (Å²) in [6, 6.07) is 5.54. The van der Waals surface area contributed by atoms with E-state index >= 15 is 0 Å². The van der Waals surface area contributed by atoms with Crippen LogP contribution in [0.5, 0.6) is 0 Å². The molecule has 0 spiro atoms. The molecule has 0 bridgehead atoms. The van der Waals surface area contributed by atoms with Gasteiger partial charge in [-0.2, -0.15) is 0 Å². The quantitative estimate of drug-likeness (QED) is 0.630. The standard InChI is InChI=1S/C9H8ClN3S/c10-8-3-1-2-7(12-8)6-13-5-4-11-9(13)14/h1-5H,6H2,(H,11,14). The van der Waals surface area contributed by atoms with E-state index in [1.54, 1.807) is 12.3 Å². The molecule has 3 nitrogen and oxygen atoms in total. The number of H-pyrrole nitrogens is 1. The molecule has 1 N–H and O–H groups in total. The van der Waals surface area contributed by atoms with Gasteiger partial charge in [0.05, 0.1) is 12.2 Å². The first kappa shape index (κ1) is 9.43. The molecule has 0 amide bonds. The minimum absolute atomic E-state index is 0.504. The SMILES string of the molecule is S=c1[nH]ccn1Cc1cccc(Cl)n1. The Morgan fingerprint density at radius 1 is 1.50 bits per heavy atom. The zero-order valence-electron chi connectivity index (χ0n) is 7.27. The van der Waals surface area contributed by atoms with Gasteiger partial charge in [-0.3, -0.25) is 0 Å². The third kappa shape index (κ3) is 2.02. The minimum atomic E-state index is 0.504. The maximum atomic E-state index is 5.77. The van der Waals surface area contributed by atoms with Crippen LogP contribution in [-0.4, -0.2) is 14.5 Å². The average Bonchev–Trinajstić information content (AvgIpc) is 2.52. The number of hydrogen-bond acceptors (Lipinski definition) is 2. The predicted octanol–water partition coefficient (Wildman–Crippen LogP) is 2.64. The summed E-state index contributed by atoms with van der Waals surface area (Å²) in [5.74, 6) is 0. The van der Waals surface area contributed by atoms with Gasteiger partial charge in [0.1, 0.15) is 5.15 Å². The van der Waals surface area contributed by atoms with Crippen molar-refractivity contribution in [3.8, 4) is 0 Å². The normalized spacial score (nSPS) is 10.4. The van der Waals surface area contributed by atoms with Crippen molar-refractivity contribution in [3.05, 3.63) is 46.2 Å². The van der Waals surface area contributed by atoms with Crippen LogP contribution in [0, 0.1) is 4.77 Å². The highest BCUT2D eigenvalue weighted by Crippen LogP contribution is 2.06. The first-order valence-corrected chi connectivity index (χ1v) is 4.89.